The van der Waals surface area contributed by atoms with E-state index < -0.39 is 0 Å². The number of hydrogen-bond donors (Lipinski definition) is 2. The van der Waals surface area contributed by atoms with E-state index >= 15 is 0 Å². The van der Waals surface area contributed by atoms with Crippen LogP contribution < -0.4 is 0 Å². The molecular weight excluding hydrogens is 92.1 g/mol. The fraction of sp³-hybridized carbons (Fsp3) is 0.200. The Kier molecular flexibility index (Phi) is 0.785. The average molecular weight is 98.1 g/mol. The molecule has 1 aliphatic rings. The summed E-state index contributed by atoms with van der Waals surface area (Å²) < 4.78 is 0. The molecule has 0 aromatic rings. The van der Waals surface area contributed by atoms with Gasteiger partial charge in [0.05, 0.1) is 0 Å². The van der Waals surface area contributed by atoms with E-state index in [1.54, 1.807) is 12.2 Å². The van der Waals surface area contributed by atoms with E-state index in [9.17, 15) is 0 Å². The lowest BCUT2D eigenvalue weighted by molar-refractivity contribution is 0.330. The van der Waals surface area contributed by atoms with E-state index in [1.165, 1.54) is 0 Å². The highest BCUT2D eigenvalue weighted by atomic mass is 16.3. The van der Waals surface area contributed by atoms with Crippen molar-refractivity contribution in [1.82, 2.24) is 0 Å². The molecule has 0 radical (unpaired) electrons. The van der Waals surface area contributed by atoms with Gasteiger partial charge in [0.1, 0.15) is 0 Å². The Labute approximate surface area is 41.4 Å². The number of aliphatic hydroxyl groups excluding tert-OH is 2. The predicted molar refractivity (Wildman–Crippen MR) is 26.0 cm³/mol. The second-order valence-electron chi connectivity index (χ2n) is 1.41. The summed E-state index contributed by atoms with van der Waals surface area (Å²) in [4.78, 5) is 0. The van der Waals surface area contributed by atoms with Crippen LogP contribution in [-0.4, -0.2) is 10.2 Å². The second-order valence-corrected chi connectivity index (χ2v) is 1.41. The smallest absolute Gasteiger partial charge is 0.153 e. The van der Waals surface area contributed by atoms with Crippen molar-refractivity contribution < 1.29 is 10.2 Å². The van der Waals surface area contributed by atoms with Crippen molar-refractivity contribution in [3.63, 3.8) is 0 Å². The van der Waals surface area contributed by atoms with E-state index in [0.29, 0.717) is 6.42 Å². The molecule has 7 heavy (non-hydrogen) atoms. The Bertz CT molecular complexity index is 117. The van der Waals surface area contributed by atoms with E-state index in [2.05, 4.69) is 0 Å². The van der Waals surface area contributed by atoms with Gasteiger partial charge < -0.3 is 10.2 Å². The summed E-state index contributed by atoms with van der Waals surface area (Å²) in [6, 6.07) is 0. The van der Waals surface area contributed by atoms with Crippen LogP contribution in [0.1, 0.15) is 6.42 Å². The molecule has 0 spiro atoms. The van der Waals surface area contributed by atoms with Crippen LogP contribution in [0.2, 0.25) is 0 Å². The van der Waals surface area contributed by atoms with Gasteiger partial charge in [-0.15, -0.1) is 0 Å². The molecule has 0 heterocycles. The van der Waals surface area contributed by atoms with Crippen LogP contribution >= 0.6 is 0 Å². The number of hydrogen-bond acceptors (Lipinski definition) is 2. The first-order chi connectivity index (χ1) is 3.30. The van der Waals surface area contributed by atoms with Gasteiger partial charge in [0, 0.05) is 0 Å². The zero-order valence-electron chi connectivity index (χ0n) is 3.76. The molecule has 0 saturated carbocycles. The van der Waals surface area contributed by atoms with Gasteiger partial charge in [0.25, 0.3) is 0 Å². The molecule has 2 heteroatoms. The van der Waals surface area contributed by atoms with Crippen LogP contribution in [0.25, 0.3) is 0 Å². The largest absolute Gasteiger partial charge is 0.504 e. The van der Waals surface area contributed by atoms with Crippen molar-refractivity contribution in [2.24, 2.45) is 0 Å². The number of allylic oxidation sites excluding steroid dienone is 2. The molecule has 2 N–H and O–H groups in total. The summed E-state index contributed by atoms with van der Waals surface area (Å²) in [5, 5.41) is 17.1. The maximum absolute atomic E-state index is 8.54. The van der Waals surface area contributed by atoms with Crippen molar-refractivity contribution in [2.45, 2.75) is 6.42 Å². The molecule has 0 saturated heterocycles. The maximum Gasteiger partial charge on any atom is 0.153 e. The Balaban J connectivity index is 2.78. The quantitative estimate of drug-likeness (QED) is 0.479. The van der Waals surface area contributed by atoms with Crippen LogP contribution in [0.15, 0.2) is 23.7 Å². The number of aliphatic hydroxyl groups is 2. The molecule has 2 nitrogen and oxygen atoms in total. The standard InChI is InChI=1S/C5H6O2/c6-4-2-1-3-5(4)7/h2-3,6-7H,1H2. The molecule has 0 fully saturated rings. The first-order valence-electron chi connectivity index (χ1n) is 2.09. The Morgan fingerprint density at radius 1 is 1.14 bits per heavy atom. The van der Waals surface area contributed by atoms with E-state index in [-0.39, 0.29) is 11.5 Å². The number of rotatable bonds is 0. The summed E-state index contributed by atoms with van der Waals surface area (Å²) >= 11 is 0. The minimum atomic E-state index is 0.000000000000000222. The molecule has 1 rings (SSSR count). The minimum Gasteiger partial charge on any atom is -0.504 e. The van der Waals surface area contributed by atoms with Gasteiger partial charge in [-0.25, -0.2) is 0 Å². The highest BCUT2D eigenvalue weighted by molar-refractivity contribution is 5.24. The van der Waals surface area contributed by atoms with Crippen molar-refractivity contribution in [3.8, 4) is 0 Å². The second kappa shape index (κ2) is 1.30. The molecule has 0 aromatic carbocycles. The van der Waals surface area contributed by atoms with Crippen LogP contribution in [0.3, 0.4) is 0 Å². The van der Waals surface area contributed by atoms with Gasteiger partial charge in [-0.1, -0.05) is 0 Å². The van der Waals surface area contributed by atoms with Crippen molar-refractivity contribution in [3.05, 3.63) is 23.7 Å². The molecule has 0 atom stereocenters. The monoisotopic (exact) mass is 98.0 g/mol. The average Bonchev–Trinajstić information content (AvgIpc) is 1.91. The van der Waals surface area contributed by atoms with Crippen LogP contribution in [0.5, 0.6) is 0 Å². The third-order valence-corrected chi connectivity index (χ3v) is 0.885. The predicted octanol–water partition coefficient (Wildman–Crippen LogP) is 1.27. The van der Waals surface area contributed by atoms with Gasteiger partial charge in [-0.2, -0.15) is 0 Å². The molecule has 0 aliphatic heterocycles. The zero-order valence-corrected chi connectivity index (χ0v) is 3.76. The van der Waals surface area contributed by atoms with Gasteiger partial charge in [0.15, 0.2) is 11.5 Å². The van der Waals surface area contributed by atoms with Crippen LogP contribution in [-0.2, 0) is 0 Å². The topological polar surface area (TPSA) is 40.5 Å². The SMILES string of the molecule is OC1=CCC=C1O. The first-order valence-corrected chi connectivity index (χ1v) is 2.09. The lowest BCUT2D eigenvalue weighted by atomic mass is 10.5. The Hall–Kier alpha value is -0.920. The fourth-order valence-electron chi connectivity index (χ4n) is 0.491. The molecule has 38 valence electrons. The van der Waals surface area contributed by atoms with Crippen molar-refractivity contribution in [1.29, 1.82) is 0 Å². The molecule has 0 amide bonds. The Morgan fingerprint density at radius 2 is 1.57 bits per heavy atom. The summed E-state index contributed by atoms with van der Waals surface area (Å²) in [7, 11) is 0. The Morgan fingerprint density at radius 3 is 1.71 bits per heavy atom. The van der Waals surface area contributed by atoms with Gasteiger partial charge in [0.2, 0.25) is 0 Å². The molecular formula is C5H6O2. The van der Waals surface area contributed by atoms with Gasteiger partial charge in [-0.05, 0) is 18.6 Å². The summed E-state index contributed by atoms with van der Waals surface area (Å²) in [5.41, 5.74) is 0. The van der Waals surface area contributed by atoms with Crippen molar-refractivity contribution >= 4 is 0 Å². The van der Waals surface area contributed by atoms with Gasteiger partial charge in [-0.3, -0.25) is 0 Å². The van der Waals surface area contributed by atoms with Crippen molar-refractivity contribution in [2.75, 3.05) is 0 Å². The third-order valence-electron chi connectivity index (χ3n) is 0.885. The third kappa shape index (κ3) is 0.585. The fourth-order valence-corrected chi connectivity index (χ4v) is 0.491. The maximum atomic E-state index is 8.54. The van der Waals surface area contributed by atoms with Crippen LogP contribution in [0.4, 0.5) is 0 Å². The first kappa shape index (κ1) is 4.24. The highest BCUT2D eigenvalue weighted by Crippen LogP contribution is 2.11. The van der Waals surface area contributed by atoms with E-state index in [0.717, 1.165) is 0 Å². The van der Waals surface area contributed by atoms with Crippen LogP contribution in [0, 0.1) is 0 Å². The summed E-state index contributed by atoms with van der Waals surface area (Å²) in [5.74, 6) is 0.000000000000000666. The van der Waals surface area contributed by atoms with Gasteiger partial charge >= 0.3 is 0 Å². The molecule has 0 aromatic heterocycles. The summed E-state index contributed by atoms with van der Waals surface area (Å²) in [6.45, 7) is 0. The molecule has 1 aliphatic carbocycles. The van der Waals surface area contributed by atoms with E-state index in [1.807, 2.05) is 0 Å². The minimum absolute atomic E-state index is 0.000000000000000222. The van der Waals surface area contributed by atoms with E-state index in [4.69, 9.17) is 10.2 Å². The lowest BCUT2D eigenvalue weighted by Crippen LogP contribution is -1.78. The zero-order chi connectivity index (χ0) is 5.28. The molecule has 0 bridgehead atoms. The normalized spacial score (nSPS) is 18.9. The highest BCUT2D eigenvalue weighted by Gasteiger charge is 2.02. The lowest BCUT2D eigenvalue weighted by Gasteiger charge is -1.86. The molecule has 0 unspecified atom stereocenters. The summed E-state index contributed by atoms with van der Waals surface area (Å²) in [6.07, 6.45) is 3.75.